The second-order valence-electron chi connectivity index (χ2n) is 7.19. The van der Waals surface area contributed by atoms with Crippen molar-refractivity contribution >= 4 is 17.0 Å². The zero-order valence-corrected chi connectivity index (χ0v) is 15.0. The summed E-state index contributed by atoms with van der Waals surface area (Å²) in [6.45, 7) is 1.79. The van der Waals surface area contributed by atoms with Gasteiger partial charge in [-0.15, -0.1) is 0 Å². The minimum absolute atomic E-state index is 0.0938. The number of aryl methyl sites for hydroxylation is 1. The van der Waals surface area contributed by atoms with Crippen LogP contribution in [0.25, 0.3) is 11.0 Å². The molecule has 0 amide bonds. The van der Waals surface area contributed by atoms with Crippen LogP contribution in [0.5, 0.6) is 0 Å². The van der Waals surface area contributed by atoms with Gasteiger partial charge in [-0.1, -0.05) is 6.07 Å². The van der Waals surface area contributed by atoms with E-state index in [-0.39, 0.29) is 17.9 Å². The maximum absolute atomic E-state index is 13.5. The Kier molecular flexibility index (Phi) is 4.53. The van der Waals surface area contributed by atoms with Gasteiger partial charge < -0.3 is 25.6 Å². The van der Waals surface area contributed by atoms with Crippen LogP contribution in [0.1, 0.15) is 29.8 Å². The second-order valence-corrected chi connectivity index (χ2v) is 7.19. The predicted molar refractivity (Wildman–Crippen MR) is 97.2 cm³/mol. The number of hydrogen-bond acceptors (Lipinski definition) is 6. The van der Waals surface area contributed by atoms with E-state index in [1.54, 1.807) is 23.8 Å². The highest BCUT2D eigenvalue weighted by Gasteiger charge is 2.46. The summed E-state index contributed by atoms with van der Waals surface area (Å²) in [5.41, 5.74) is 7.08. The molecule has 1 fully saturated rings. The fraction of sp³-hybridized carbons (Fsp3) is 0.368. The molecule has 1 unspecified atom stereocenters. The van der Waals surface area contributed by atoms with Gasteiger partial charge in [0.2, 0.25) is 5.95 Å². The van der Waals surface area contributed by atoms with E-state index in [2.05, 4.69) is 9.97 Å². The van der Waals surface area contributed by atoms with Crippen LogP contribution in [-0.2, 0) is 0 Å². The van der Waals surface area contributed by atoms with E-state index in [0.717, 1.165) is 17.5 Å². The Bertz CT molecular complexity index is 1040. The van der Waals surface area contributed by atoms with E-state index < -0.39 is 41.9 Å². The van der Waals surface area contributed by atoms with Crippen molar-refractivity contribution in [1.82, 2.24) is 14.5 Å². The average molecular weight is 390 g/mol. The highest BCUT2D eigenvalue weighted by Crippen LogP contribution is 2.43. The number of aliphatic hydroxyl groups excluding tert-OH is 3. The summed E-state index contributed by atoms with van der Waals surface area (Å²) >= 11 is 0. The second kappa shape index (κ2) is 6.77. The number of benzene rings is 1. The first-order valence-electron chi connectivity index (χ1n) is 8.87. The number of fused-ring (bicyclic) bond motifs is 1. The van der Waals surface area contributed by atoms with Gasteiger partial charge in [0.05, 0.1) is 23.9 Å². The molecule has 1 aliphatic carbocycles. The maximum atomic E-state index is 13.5. The zero-order valence-electron chi connectivity index (χ0n) is 15.0. The molecule has 1 aliphatic rings. The fourth-order valence-electron chi connectivity index (χ4n) is 4.05. The Morgan fingerprint density at radius 3 is 2.61 bits per heavy atom. The summed E-state index contributed by atoms with van der Waals surface area (Å²) in [6.07, 6.45) is -1.79. The quantitative estimate of drug-likeness (QED) is 0.540. The van der Waals surface area contributed by atoms with E-state index in [9.17, 15) is 24.1 Å². The van der Waals surface area contributed by atoms with Crippen molar-refractivity contribution in [3.05, 3.63) is 53.4 Å². The van der Waals surface area contributed by atoms with Gasteiger partial charge in [0.15, 0.2) is 11.6 Å². The fourth-order valence-corrected chi connectivity index (χ4v) is 4.05. The lowest BCUT2D eigenvalue weighted by atomic mass is 9.92. The number of nitrogen functional groups attached to an aromatic ring is 1. The summed E-state index contributed by atoms with van der Waals surface area (Å²) in [5.74, 6) is -2.79. The summed E-state index contributed by atoms with van der Waals surface area (Å²) in [4.78, 5) is 8.34. The lowest BCUT2D eigenvalue weighted by Gasteiger charge is -2.22. The van der Waals surface area contributed by atoms with Crippen LogP contribution in [-0.4, -0.2) is 42.1 Å². The highest BCUT2D eigenvalue weighted by atomic mass is 19.2. The topological polar surface area (TPSA) is 117 Å². The van der Waals surface area contributed by atoms with Gasteiger partial charge in [0, 0.05) is 17.5 Å². The molecule has 0 saturated heterocycles. The Morgan fingerprint density at radius 1 is 1.14 bits per heavy atom. The summed E-state index contributed by atoms with van der Waals surface area (Å²) in [5, 5.41) is 32.5. The summed E-state index contributed by atoms with van der Waals surface area (Å²) in [6, 6.07) is 4.30. The van der Waals surface area contributed by atoms with Crippen LogP contribution < -0.4 is 5.73 Å². The molecular weight excluding hydrogens is 370 g/mol. The zero-order chi connectivity index (χ0) is 20.2. The van der Waals surface area contributed by atoms with Crippen molar-refractivity contribution in [3.63, 3.8) is 0 Å². The number of nitrogens with two attached hydrogens (primary N) is 1. The largest absolute Gasteiger partial charge is 0.390 e. The lowest BCUT2D eigenvalue weighted by molar-refractivity contribution is -0.0265. The van der Waals surface area contributed by atoms with E-state index >= 15 is 0 Å². The van der Waals surface area contributed by atoms with Gasteiger partial charge >= 0.3 is 0 Å². The van der Waals surface area contributed by atoms with Gasteiger partial charge in [-0.2, -0.15) is 4.98 Å². The lowest BCUT2D eigenvalue weighted by Crippen LogP contribution is -2.31. The van der Waals surface area contributed by atoms with Gasteiger partial charge in [-0.05, 0) is 37.1 Å². The van der Waals surface area contributed by atoms with Crippen LogP contribution in [0.4, 0.5) is 14.7 Å². The van der Waals surface area contributed by atoms with Crippen molar-refractivity contribution in [2.75, 3.05) is 5.73 Å². The van der Waals surface area contributed by atoms with Crippen LogP contribution in [0.2, 0.25) is 0 Å². The first-order valence-corrected chi connectivity index (χ1v) is 8.87. The SMILES string of the molecule is Cc1nc(N)nc2c1ccn2[C@@H]1C[C@H](C(O)c2ccc(F)c(F)c2)[C@@H](O)[C@H]1O. The molecule has 28 heavy (non-hydrogen) atoms. The normalized spacial score (nSPS) is 26.1. The molecule has 1 saturated carbocycles. The maximum Gasteiger partial charge on any atom is 0.222 e. The van der Waals surface area contributed by atoms with Crippen LogP contribution in [0.15, 0.2) is 30.5 Å². The van der Waals surface area contributed by atoms with E-state index in [1.807, 2.05) is 0 Å². The smallest absolute Gasteiger partial charge is 0.222 e. The van der Waals surface area contributed by atoms with E-state index in [0.29, 0.717) is 11.3 Å². The number of rotatable bonds is 3. The van der Waals surface area contributed by atoms with E-state index in [1.165, 1.54) is 6.07 Å². The minimum atomic E-state index is -1.27. The van der Waals surface area contributed by atoms with Crippen molar-refractivity contribution in [2.45, 2.75) is 37.7 Å². The molecule has 5 N–H and O–H groups in total. The number of anilines is 1. The van der Waals surface area contributed by atoms with Gasteiger partial charge in [-0.3, -0.25) is 0 Å². The Morgan fingerprint density at radius 2 is 1.89 bits per heavy atom. The molecule has 9 heteroatoms. The molecule has 1 aromatic carbocycles. The number of nitrogens with zero attached hydrogens (tertiary/aromatic N) is 3. The molecule has 4 rings (SSSR count). The molecule has 2 aromatic heterocycles. The minimum Gasteiger partial charge on any atom is -0.390 e. The van der Waals surface area contributed by atoms with E-state index in [4.69, 9.17) is 5.73 Å². The molecule has 7 nitrogen and oxygen atoms in total. The molecule has 0 spiro atoms. The molecule has 5 atom stereocenters. The molecule has 0 radical (unpaired) electrons. The molecular formula is C19H20F2N4O3. The number of aromatic nitrogens is 3. The Hall–Kier alpha value is -2.62. The van der Waals surface area contributed by atoms with Crippen molar-refractivity contribution in [3.8, 4) is 0 Å². The predicted octanol–water partition coefficient (Wildman–Crippen LogP) is 1.62. The summed E-state index contributed by atoms with van der Waals surface area (Å²) < 4.78 is 28.4. The first kappa shape index (κ1) is 18.7. The monoisotopic (exact) mass is 390 g/mol. The Labute approximate surface area is 159 Å². The summed E-state index contributed by atoms with van der Waals surface area (Å²) in [7, 11) is 0. The van der Waals surface area contributed by atoms with Crippen LogP contribution in [0.3, 0.4) is 0 Å². The van der Waals surface area contributed by atoms with Crippen LogP contribution in [0, 0.1) is 24.5 Å². The third kappa shape index (κ3) is 2.92. The number of halogens is 2. The van der Waals surface area contributed by atoms with Crippen molar-refractivity contribution < 1.29 is 24.1 Å². The first-order chi connectivity index (χ1) is 13.3. The number of aliphatic hydroxyl groups is 3. The van der Waals surface area contributed by atoms with Gasteiger partial charge in [0.1, 0.15) is 11.8 Å². The molecule has 0 bridgehead atoms. The average Bonchev–Trinajstić information content (AvgIpc) is 3.19. The van der Waals surface area contributed by atoms with Gasteiger partial charge in [0.25, 0.3) is 0 Å². The third-order valence-corrected chi connectivity index (χ3v) is 5.52. The molecule has 0 aliphatic heterocycles. The number of hydrogen-bond donors (Lipinski definition) is 4. The molecule has 2 heterocycles. The standard InChI is InChI=1S/C19H20F2N4O3/c1-8-10-4-5-25(18(10)24-19(22)23-8)14-7-11(16(27)17(14)28)15(26)9-2-3-12(20)13(21)6-9/h2-6,11,14-17,26-28H,7H2,1H3,(H2,22,23,24)/t11-,14-,15?,16-,17+/m1/s1. The highest BCUT2D eigenvalue weighted by molar-refractivity contribution is 5.79. The van der Waals surface area contributed by atoms with Gasteiger partial charge in [-0.25, -0.2) is 13.8 Å². The molecule has 3 aromatic rings. The Balaban J connectivity index is 1.67. The van der Waals surface area contributed by atoms with Crippen molar-refractivity contribution in [2.24, 2.45) is 5.92 Å². The van der Waals surface area contributed by atoms with Crippen LogP contribution >= 0.6 is 0 Å². The molecule has 148 valence electrons. The third-order valence-electron chi connectivity index (χ3n) is 5.52. The van der Waals surface area contributed by atoms with Crippen molar-refractivity contribution in [1.29, 1.82) is 0 Å².